The zero-order chi connectivity index (χ0) is 26.6. The maximum atomic E-state index is 14.1. The number of ether oxygens (including phenoxy) is 1. The molecule has 1 aromatic carbocycles. The number of carbonyl (C=O) groups is 1. The van der Waals surface area contributed by atoms with Crippen LogP contribution in [-0.2, 0) is 17.5 Å². The van der Waals surface area contributed by atoms with Gasteiger partial charge in [0.15, 0.2) is 0 Å². The van der Waals surface area contributed by atoms with Gasteiger partial charge in [-0.15, -0.1) is 0 Å². The van der Waals surface area contributed by atoms with Gasteiger partial charge in [0.2, 0.25) is 0 Å². The highest BCUT2D eigenvalue weighted by atomic mass is 35.5. The van der Waals surface area contributed by atoms with Crippen molar-refractivity contribution in [1.82, 2.24) is 19.0 Å². The predicted molar refractivity (Wildman–Crippen MR) is 126 cm³/mol. The highest BCUT2D eigenvalue weighted by molar-refractivity contribution is 6.30. The topological polar surface area (TPSA) is 69.4 Å². The summed E-state index contributed by atoms with van der Waals surface area (Å²) in [6.07, 6.45) is -2.44. The highest BCUT2D eigenvalue weighted by Gasteiger charge is 2.42. The third kappa shape index (κ3) is 4.54. The molecule has 0 N–H and O–H groups in total. The molecular weight excluding hydrogens is 516 g/mol. The van der Waals surface area contributed by atoms with Crippen LogP contribution in [0.1, 0.15) is 53.2 Å². The Labute approximate surface area is 214 Å². The van der Waals surface area contributed by atoms with Crippen molar-refractivity contribution in [3.8, 4) is 5.69 Å². The maximum Gasteiger partial charge on any atom is 0.416 e. The third-order valence-corrected chi connectivity index (χ3v) is 7.30. The zero-order valence-corrected chi connectivity index (χ0v) is 20.7. The minimum absolute atomic E-state index is 0.220. The van der Waals surface area contributed by atoms with Gasteiger partial charge in [-0.1, -0.05) is 11.6 Å². The van der Waals surface area contributed by atoms with E-state index in [-0.39, 0.29) is 42.2 Å². The summed E-state index contributed by atoms with van der Waals surface area (Å²) in [5.41, 5.74) is -0.334. The Hall–Kier alpha value is -3.18. The average Bonchev–Trinajstić information content (AvgIpc) is 3.50. The van der Waals surface area contributed by atoms with E-state index in [1.807, 2.05) is 0 Å². The van der Waals surface area contributed by atoms with E-state index < -0.39 is 40.8 Å². The average molecular weight is 539 g/mol. The van der Waals surface area contributed by atoms with E-state index in [9.17, 15) is 27.2 Å². The molecule has 37 heavy (non-hydrogen) atoms. The van der Waals surface area contributed by atoms with E-state index in [0.29, 0.717) is 18.2 Å². The second kappa shape index (κ2) is 9.29. The fourth-order valence-electron chi connectivity index (χ4n) is 5.09. The van der Waals surface area contributed by atoms with E-state index in [1.165, 1.54) is 10.9 Å². The van der Waals surface area contributed by atoms with Gasteiger partial charge in [0.05, 0.1) is 40.9 Å². The number of benzene rings is 1. The van der Waals surface area contributed by atoms with Gasteiger partial charge in [-0.3, -0.25) is 9.59 Å². The van der Waals surface area contributed by atoms with Crippen LogP contribution in [-0.4, -0.2) is 43.6 Å². The standard InChI is InChI=1S/C25H23ClF4N4O3/c1-13-11-32(12-31-13)19-3-4-20-24(36)33(7-8-34(20)23(19)35)14(2)21-5-6-22(37-21)15-9-18(27)17(26)10-16(15)25(28,29)30/h3-4,9-12,14,21-22H,5-8H2,1-2H3/t14-,21?,22+/m0/s1. The van der Waals surface area contributed by atoms with Gasteiger partial charge in [-0.05, 0) is 56.5 Å². The Kier molecular flexibility index (Phi) is 6.39. The molecule has 2 aliphatic rings. The summed E-state index contributed by atoms with van der Waals surface area (Å²) in [4.78, 5) is 32.1. The summed E-state index contributed by atoms with van der Waals surface area (Å²) in [6, 6.07) is 4.02. The fraction of sp³-hybridized carbons (Fsp3) is 0.400. The number of imidazole rings is 1. The van der Waals surface area contributed by atoms with Crippen LogP contribution in [0.4, 0.5) is 17.6 Å². The quantitative estimate of drug-likeness (QED) is 0.442. The minimum atomic E-state index is -4.73. The number of alkyl halides is 3. The molecule has 12 heteroatoms. The fourth-order valence-corrected chi connectivity index (χ4v) is 5.25. The molecule has 7 nitrogen and oxygen atoms in total. The lowest BCUT2D eigenvalue weighted by Gasteiger charge is -2.37. The first-order valence-electron chi connectivity index (χ1n) is 11.7. The summed E-state index contributed by atoms with van der Waals surface area (Å²) in [5, 5.41) is -0.613. The number of hydrogen-bond acceptors (Lipinski definition) is 4. The number of rotatable bonds is 4. The molecule has 0 aliphatic carbocycles. The minimum Gasteiger partial charge on any atom is -0.368 e. The van der Waals surface area contributed by atoms with Gasteiger partial charge < -0.3 is 18.8 Å². The molecule has 4 heterocycles. The normalized spacial score (nSPS) is 20.8. The molecule has 196 valence electrons. The smallest absolute Gasteiger partial charge is 0.368 e. The summed E-state index contributed by atoms with van der Waals surface area (Å²) >= 11 is 5.60. The van der Waals surface area contributed by atoms with Gasteiger partial charge >= 0.3 is 6.18 Å². The van der Waals surface area contributed by atoms with E-state index in [1.54, 1.807) is 41.6 Å². The lowest BCUT2D eigenvalue weighted by Crippen LogP contribution is -2.52. The lowest BCUT2D eigenvalue weighted by molar-refractivity contribution is -0.139. The number of pyridine rings is 1. The lowest BCUT2D eigenvalue weighted by atomic mass is 9.98. The second-order valence-corrected chi connectivity index (χ2v) is 9.72. The van der Waals surface area contributed by atoms with Crippen molar-refractivity contribution in [3.05, 3.63) is 80.5 Å². The molecule has 1 unspecified atom stereocenters. The monoisotopic (exact) mass is 538 g/mol. The Morgan fingerprint density at radius 3 is 2.59 bits per heavy atom. The number of amides is 1. The van der Waals surface area contributed by atoms with Crippen molar-refractivity contribution in [2.45, 2.75) is 57.7 Å². The summed E-state index contributed by atoms with van der Waals surface area (Å²) in [7, 11) is 0. The predicted octanol–water partition coefficient (Wildman–Crippen LogP) is 4.92. The van der Waals surface area contributed by atoms with Crippen molar-refractivity contribution in [2.24, 2.45) is 0 Å². The van der Waals surface area contributed by atoms with Crippen LogP contribution in [0.2, 0.25) is 5.02 Å². The van der Waals surface area contributed by atoms with Crippen LogP contribution in [0.5, 0.6) is 0 Å². The number of fused-ring (bicyclic) bond motifs is 1. The van der Waals surface area contributed by atoms with Crippen LogP contribution >= 0.6 is 11.6 Å². The first-order valence-corrected chi connectivity index (χ1v) is 12.1. The molecule has 0 radical (unpaired) electrons. The zero-order valence-electron chi connectivity index (χ0n) is 19.9. The van der Waals surface area contributed by atoms with Crippen LogP contribution < -0.4 is 5.56 Å². The highest BCUT2D eigenvalue weighted by Crippen LogP contribution is 2.43. The molecule has 5 rings (SSSR count). The number of aryl methyl sites for hydroxylation is 1. The molecule has 3 atom stereocenters. The molecule has 0 spiro atoms. The van der Waals surface area contributed by atoms with Crippen LogP contribution in [0, 0.1) is 12.7 Å². The van der Waals surface area contributed by atoms with Gasteiger partial charge in [0, 0.05) is 19.3 Å². The summed E-state index contributed by atoms with van der Waals surface area (Å²) in [6.45, 7) is 4.04. The molecule has 1 amide bonds. The summed E-state index contributed by atoms with van der Waals surface area (Å²) < 4.78 is 63.8. The Balaban J connectivity index is 1.36. The van der Waals surface area contributed by atoms with Crippen LogP contribution in [0.15, 0.2) is 41.6 Å². The molecule has 2 aliphatic heterocycles. The van der Waals surface area contributed by atoms with Gasteiger partial charge in [-0.25, -0.2) is 9.37 Å². The van der Waals surface area contributed by atoms with E-state index in [4.69, 9.17) is 16.3 Å². The Morgan fingerprint density at radius 1 is 1.16 bits per heavy atom. The van der Waals surface area contributed by atoms with Gasteiger partial charge in [0.1, 0.15) is 17.2 Å². The van der Waals surface area contributed by atoms with E-state index in [0.717, 1.165) is 11.8 Å². The Morgan fingerprint density at radius 2 is 1.92 bits per heavy atom. The third-order valence-electron chi connectivity index (χ3n) is 7.02. The van der Waals surface area contributed by atoms with Crippen molar-refractivity contribution < 1.29 is 27.1 Å². The van der Waals surface area contributed by atoms with Gasteiger partial charge in [-0.2, -0.15) is 13.2 Å². The number of nitrogens with zero attached hydrogens (tertiary/aromatic N) is 4. The first kappa shape index (κ1) is 25.5. The van der Waals surface area contributed by atoms with E-state index >= 15 is 0 Å². The Bertz CT molecular complexity index is 1430. The molecule has 1 fully saturated rings. The van der Waals surface area contributed by atoms with Crippen molar-refractivity contribution in [2.75, 3.05) is 6.54 Å². The number of aromatic nitrogens is 3. The van der Waals surface area contributed by atoms with Crippen molar-refractivity contribution >= 4 is 17.5 Å². The number of hydrogen-bond donors (Lipinski definition) is 0. The number of carbonyl (C=O) groups excluding carboxylic acids is 1. The largest absolute Gasteiger partial charge is 0.416 e. The number of halogens is 5. The van der Waals surface area contributed by atoms with Crippen molar-refractivity contribution in [3.63, 3.8) is 0 Å². The molecule has 0 bridgehead atoms. The van der Waals surface area contributed by atoms with Crippen molar-refractivity contribution in [1.29, 1.82) is 0 Å². The maximum absolute atomic E-state index is 14.1. The second-order valence-electron chi connectivity index (χ2n) is 9.31. The SMILES string of the molecule is Cc1cn(-c2ccc3n(c2=O)CCN([C@@H](C)C2CC[C@H](c4cc(F)c(Cl)cc4C(F)(F)F)O2)C3=O)cn1. The molecular formula is C25H23ClF4N4O3. The molecule has 1 saturated heterocycles. The van der Waals surface area contributed by atoms with Gasteiger partial charge in [0.25, 0.3) is 11.5 Å². The molecule has 3 aromatic rings. The van der Waals surface area contributed by atoms with Crippen LogP contribution in [0.3, 0.4) is 0 Å². The molecule has 0 saturated carbocycles. The van der Waals surface area contributed by atoms with E-state index in [2.05, 4.69) is 4.98 Å². The van der Waals surface area contributed by atoms with Crippen LogP contribution in [0.25, 0.3) is 5.69 Å². The summed E-state index contributed by atoms with van der Waals surface area (Å²) in [5.74, 6) is -1.33. The first-order chi connectivity index (χ1) is 17.5. The molecule has 2 aromatic heterocycles.